The maximum absolute atomic E-state index is 10.7. The van der Waals surface area contributed by atoms with Gasteiger partial charge >= 0.3 is 35.5 Å². The molecule has 0 aliphatic rings. The van der Waals surface area contributed by atoms with Crippen LogP contribution >= 0.6 is 0 Å². The van der Waals surface area contributed by atoms with Crippen molar-refractivity contribution in [1.82, 2.24) is 0 Å². The first-order valence-electron chi connectivity index (χ1n) is 7.61. The molecule has 0 fully saturated rings. The SMILES string of the molecule is O=C(O)CCCc1ccc2ccc3cccc4ccc1c2c34.[NaH]. The number of carboxylic acids is 1. The third-order valence-electron chi connectivity index (χ3n) is 4.46. The van der Waals surface area contributed by atoms with Crippen molar-refractivity contribution in [3.63, 3.8) is 0 Å². The van der Waals surface area contributed by atoms with Crippen molar-refractivity contribution in [2.75, 3.05) is 0 Å². The van der Waals surface area contributed by atoms with Gasteiger partial charge < -0.3 is 5.11 Å². The predicted octanol–water partition coefficient (Wildman–Crippen LogP) is 4.34. The first-order chi connectivity index (χ1) is 10.7. The molecule has 0 bridgehead atoms. The van der Waals surface area contributed by atoms with Crippen LogP contribution in [0, 0.1) is 0 Å². The molecule has 0 heterocycles. The van der Waals surface area contributed by atoms with Gasteiger partial charge in [0, 0.05) is 6.42 Å². The molecule has 1 N–H and O–H groups in total. The Morgan fingerprint density at radius 2 is 1.43 bits per heavy atom. The normalized spacial score (nSPS) is 11.1. The zero-order valence-electron chi connectivity index (χ0n) is 12.2. The maximum atomic E-state index is 10.7. The molecule has 0 atom stereocenters. The van der Waals surface area contributed by atoms with E-state index in [1.165, 1.54) is 37.9 Å². The molecule has 0 aliphatic heterocycles. The van der Waals surface area contributed by atoms with Gasteiger partial charge in [0.2, 0.25) is 0 Å². The average Bonchev–Trinajstić information content (AvgIpc) is 2.53. The molecular formula is C20H17NaO2. The van der Waals surface area contributed by atoms with E-state index in [0.717, 1.165) is 6.42 Å². The Hall–Kier alpha value is -1.61. The third kappa shape index (κ3) is 2.83. The Labute approximate surface area is 156 Å². The van der Waals surface area contributed by atoms with E-state index < -0.39 is 5.97 Å². The fourth-order valence-electron chi connectivity index (χ4n) is 3.44. The molecule has 4 rings (SSSR count). The molecule has 0 spiro atoms. The molecule has 0 saturated carbocycles. The summed E-state index contributed by atoms with van der Waals surface area (Å²) in [6.45, 7) is 0. The summed E-state index contributed by atoms with van der Waals surface area (Å²) in [6, 6.07) is 19.4. The first-order valence-corrected chi connectivity index (χ1v) is 7.61. The second kappa shape index (κ2) is 6.48. The van der Waals surface area contributed by atoms with Gasteiger partial charge in [-0.3, -0.25) is 4.79 Å². The topological polar surface area (TPSA) is 37.3 Å². The summed E-state index contributed by atoms with van der Waals surface area (Å²) >= 11 is 0. The zero-order chi connectivity index (χ0) is 15.1. The predicted molar refractivity (Wildman–Crippen MR) is 97.9 cm³/mol. The summed E-state index contributed by atoms with van der Waals surface area (Å²) in [5.74, 6) is -0.724. The molecule has 110 valence electrons. The van der Waals surface area contributed by atoms with Gasteiger partial charge in [-0.05, 0) is 50.7 Å². The number of carbonyl (C=O) groups is 1. The second-order valence-corrected chi connectivity index (χ2v) is 5.83. The van der Waals surface area contributed by atoms with Crippen molar-refractivity contribution in [2.45, 2.75) is 19.3 Å². The standard InChI is InChI=1S/C20H16O2.Na.H/c21-18(22)6-2-3-13-7-8-16-10-9-14-4-1-5-15-11-12-17(13)20(16)19(14)15;;/h1,4-5,7-12H,2-3,6H2,(H,21,22);;. The van der Waals surface area contributed by atoms with Gasteiger partial charge in [0.05, 0.1) is 0 Å². The minimum atomic E-state index is -0.724. The summed E-state index contributed by atoms with van der Waals surface area (Å²) in [4.78, 5) is 10.7. The minimum absolute atomic E-state index is 0. The van der Waals surface area contributed by atoms with Crippen molar-refractivity contribution in [2.24, 2.45) is 0 Å². The van der Waals surface area contributed by atoms with Crippen molar-refractivity contribution in [3.8, 4) is 0 Å². The monoisotopic (exact) mass is 312 g/mol. The van der Waals surface area contributed by atoms with Crippen LogP contribution in [0.2, 0.25) is 0 Å². The molecule has 3 heteroatoms. The second-order valence-electron chi connectivity index (χ2n) is 5.83. The average molecular weight is 312 g/mol. The van der Waals surface area contributed by atoms with Crippen molar-refractivity contribution in [3.05, 3.63) is 60.2 Å². The van der Waals surface area contributed by atoms with Crippen LogP contribution in [0.5, 0.6) is 0 Å². The van der Waals surface area contributed by atoms with Gasteiger partial charge in [-0.1, -0.05) is 54.6 Å². The van der Waals surface area contributed by atoms with E-state index in [-0.39, 0.29) is 36.0 Å². The number of benzene rings is 4. The molecule has 0 saturated heterocycles. The summed E-state index contributed by atoms with van der Waals surface area (Å²) < 4.78 is 0. The Kier molecular flexibility index (Phi) is 4.58. The molecule has 0 aromatic heterocycles. The molecule has 0 unspecified atom stereocenters. The number of aliphatic carboxylic acids is 1. The van der Waals surface area contributed by atoms with Gasteiger partial charge in [-0.25, -0.2) is 0 Å². The Balaban J connectivity index is 0.00000156. The molecule has 0 radical (unpaired) electrons. The fraction of sp³-hybridized carbons (Fsp3) is 0.150. The van der Waals surface area contributed by atoms with Crippen LogP contribution in [0.25, 0.3) is 32.3 Å². The van der Waals surface area contributed by atoms with Crippen molar-refractivity contribution in [1.29, 1.82) is 0 Å². The van der Waals surface area contributed by atoms with Crippen LogP contribution in [0.4, 0.5) is 0 Å². The fourth-order valence-corrected chi connectivity index (χ4v) is 3.44. The van der Waals surface area contributed by atoms with E-state index >= 15 is 0 Å². The van der Waals surface area contributed by atoms with Crippen LogP contribution in [-0.2, 0) is 11.2 Å². The van der Waals surface area contributed by atoms with E-state index in [1.807, 2.05) is 0 Å². The van der Waals surface area contributed by atoms with Gasteiger partial charge in [0.1, 0.15) is 0 Å². The van der Waals surface area contributed by atoms with Crippen molar-refractivity contribution < 1.29 is 9.90 Å². The van der Waals surface area contributed by atoms with Crippen LogP contribution in [0.1, 0.15) is 18.4 Å². The van der Waals surface area contributed by atoms with Crippen LogP contribution in [0.3, 0.4) is 0 Å². The Morgan fingerprint density at radius 1 is 0.826 bits per heavy atom. The van der Waals surface area contributed by atoms with Gasteiger partial charge in [-0.2, -0.15) is 0 Å². The third-order valence-corrected chi connectivity index (χ3v) is 4.46. The Morgan fingerprint density at radius 3 is 2.13 bits per heavy atom. The zero-order valence-corrected chi connectivity index (χ0v) is 12.2. The molecule has 23 heavy (non-hydrogen) atoms. The number of aryl methyl sites for hydroxylation is 1. The molecule has 0 amide bonds. The van der Waals surface area contributed by atoms with Crippen molar-refractivity contribution >= 4 is 67.8 Å². The molecule has 0 aliphatic carbocycles. The van der Waals surface area contributed by atoms with Gasteiger partial charge in [0.25, 0.3) is 0 Å². The number of hydrogen-bond donors (Lipinski definition) is 1. The number of rotatable bonds is 4. The Bertz CT molecular complexity index is 975. The van der Waals surface area contributed by atoms with Crippen LogP contribution < -0.4 is 0 Å². The van der Waals surface area contributed by atoms with Gasteiger partial charge in [-0.15, -0.1) is 0 Å². The van der Waals surface area contributed by atoms with Crippen LogP contribution in [-0.4, -0.2) is 40.6 Å². The quantitative estimate of drug-likeness (QED) is 0.449. The van der Waals surface area contributed by atoms with E-state index in [2.05, 4.69) is 54.6 Å². The summed E-state index contributed by atoms with van der Waals surface area (Å²) in [6.07, 6.45) is 1.71. The summed E-state index contributed by atoms with van der Waals surface area (Å²) in [5.41, 5.74) is 1.24. The van der Waals surface area contributed by atoms with E-state index in [4.69, 9.17) is 5.11 Å². The molecule has 4 aromatic carbocycles. The van der Waals surface area contributed by atoms with E-state index in [1.54, 1.807) is 0 Å². The summed E-state index contributed by atoms with van der Waals surface area (Å²) in [5, 5.41) is 16.5. The van der Waals surface area contributed by atoms with E-state index in [9.17, 15) is 4.79 Å². The molecule has 2 nitrogen and oxygen atoms in total. The van der Waals surface area contributed by atoms with Crippen LogP contribution in [0.15, 0.2) is 54.6 Å². The number of carboxylic acid groups (broad SMARTS) is 1. The number of hydrogen-bond acceptors (Lipinski definition) is 1. The van der Waals surface area contributed by atoms with E-state index in [0.29, 0.717) is 6.42 Å². The summed E-state index contributed by atoms with van der Waals surface area (Å²) in [7, 11) is 0. The first kappa shape index (κ1) is 16.3. The molecular weight excluding hydrogens is 295 g/mol. The molecule has 4 aromatic rings. The van der Waals surface area contributed by atoms with Gasteiger partial charge in [0.15, 0.2) is 0 Å².